The fourth-order valence-electron chi connectivity index (χ4n) is 3.81. The van der Waals surface area contributed by atoms with Crippen molar-refractivity contribution >= 4 is 5.91 Å². The monoisotopic (exact) mass is 329 g/mol. The van der Waals surface area contributed by atoms with Crippen molar-refractivity contribution in [1.29, 1.82) is 0 Å². The predicted molar refractivity (Wildman–Crippen MR) is 88.5 cm³/mol. The summed E-state index contributed by atoms with van der Waals surface area (Å²) < 4.78 is 7.39. The Hall–Kier alpha value is -2.15. The zero-order chi connectivity index (χ0) is 16.7. The molecule has 0 saturated carbocycles. The molecule has 2 aromatic heterocycles. The smallest absolute Gasteiger partial charge is 0.276 e. The van der Waals surface area contributed by atoms with Gasteiger partial charge in [-0.3, -0.25) is 9.48 Å². The van der Waals surface area contributed by atoms with Crippen molar-refractivity contribution in [2.75, 3.05) is 26.2 Å². The molecule has 7 heteroatoms. The lowest BCUT2D eigenvalue weighted by Crippen LogP contribution is -2.44. The van der Waals surface area contributed by atoms with Gasteiger partial charge >= 0.3 is 0 Å². The molecule has 128 valence electrons. The minimum atomic E-state index is -0.0211. The molecule has 0 bridgehead atoms. The van der Waals surface area contributed by atoms with Crippen LogP contribution in [0, 0.1) is 12.3 Å². The molecule has 0 unspecified atom stereocenters. The molecule has 1 N–H and O–H groups in total. The van der Waals surface area contributed by atoms with Gasteiger partial charge in [0.1, 0.15) is 5.76 Å². The molecule has 0 aliphatic carbocycles. The van der Waals surface area contributed by atoms with Crippen LogP contribution in [0.5, 0.6) is 0 Å². The van der Waals surface area contributed by atoms with Gasteiger partial charge in [0.2, 0.25) is 5.89 Å². The Morgan fingerprint density at radius 3 is 2.75 bits per heavy atom. The van der Waals surface area contributed by atoms with Gasteiger partial charge < -0.3 is 14.6 Å². The number of aromatic nitrogens is 3. The summed E-state index contributed by atoms with van der Waals surface area (Å²) in [6, 6.07) is 0. The van der Waals surface area contributed by atoms with E-state index in [0.717, 1.165) is 44.6 Å². The van der Waals surface area contributed by atoms with Crippen molar-refractivity contribution in [2.24, 2.45) is 12.5 Å². The molecule has 0 aromatic carbocycles. The maximum absolute atomic E-state index is 12.8. The average molecular weight is 329 g/mol. The van der Waals surface area contributed by atoms with Crippen molar-refractivity contribution in [1.82, 2.24) is 25.0 Å². The average Bonchev–Trinajstić information content (AvgIpc) is 3.28. The van der Waals surface area contributed by atoms with Crippen LogP contribution < -0.4 is 5.32 Å². The van der Waals surface area contributed by atoms with Crippen LogP contribution in [0.3, 0.4) is 0 Å². The van der Waals surface area contributed by atoms with Crippen LogP contribution in [-0.4, -0.2) is 51.8 Å². The molecule has 2 aromatic rings. The highest BCUT2D eigenvalue weighted by atomic mass is 16.4. The van der Waals surface area contributed by atoms with Gasteiger partial charge in [-0.15, -0.1) is 0 Å². The molecule has 4 heterocycles. The number of carbonyl (C=O) groups excluding carboxylic acids is 1. The second-order valence-electron chi connectivity index (χ2n) is 7.05. The normalized spacial score (nSPS) is 20.0. The van der Waals surface area contributed by atoms with Crippen LogP contribution in [-0.2, 0) is 7.05 Å². The molecule has 7 nitrogen and oxygen atoms in total. The quantitative estimate of drug-likeness (QED) is 0.906. The van der Waals surface area contributed by atoms with Crippen molar-refractivity contribution in [3.05, 3.63) is 23.8 Å². The SMILES string of the molecule is Cc1oc(-c2cnn(C)c2)nc1C(=O)N1CCC2(CCNC2)CC1. The molecule has 24 heavy (non-hydrogen) atoms. The Morgan fingerprint density at radius 1 is 1.33 bits per heavy atom. The molecule has 2 aliphatic heterocycles. The van der Waals surface area contributed by atoms with Crippen molar-refractivity contribution in [3.8, 4) is 11.5 Å². The van der Waals surface area contributed by atoms with Crippen LogP contribution in [0.15, 0.2) is 16.8 Å². The Bertz CT molecular complexity index is 747. The zero-order valence-corrected chi connectivity index (χ0v) is 14.2. The Balaban J connectivity index is 1.50. The van der Waals surface area contributed by atoms with Gasteiger partial charge in [-0.1, -0.05) is 0 Å². The van der Waals surface area contributed by atoms with Crippen LogP contribution in [0.2, 0.25) is 0 Å². The minimum absolute atomic E-state index is 0.0211. The summed E-state index contributed by atoms with van der Waals surface area (Å²) in [5.74, 6) is 1.01. The van der Waals surface area contributed by atoms with E-state index in [1.807, 2.05) is 18.1 Å². The molecule has 4 rings (SSSR count). The molecule has 2 saturated heterocycles. The van der Waals surface area contributed by atoms with Gasteiger partial charge in [-0.25, -0.2) is 4.98 Å². The molecule has 0 atom stereocenters. The third-order valence-corrected chi connectivity index (χ3v) is 5.39. The number of nitrogens with one attached hydrogen (secondary N) is 1. The highest BCUT2D eigenvalue weighted by Gasteiger charge is 2.38. The Labute approximate surface area is 141 Å². The molecule has 2 fully saturated rings. The first-order chi connectivity index (χ1) is 11.6. The lowest BCUT2D eigenvalue weighted by Gasteiger charge is -2.38. The van der Waals surface area contributed by atoms with Crippen molar-refractivity contribution in [3.63, 3.8) is 0 Å². The van der Waals surface area contributed by atoms with E-state index < -0.39 is 0 Å². The number of amides is 1. The predicted octanol–water partition coefficient (Wildman–Crippen LogP) is 1.60. The van der Waals surface area contributed by atoms with Gasteiger partial charge in [0.05, 0.1) is 11.8 Å². The van der Waals surface area contributed by atoms with Gasteiger partial charge in [0, 0.05) is 32.9 Å². The fraction of sp³-hybridized carbons (Fsp3) is 0.588. The number of rotatable bonds is 2. The van der Waals surface area contributed by atoms with Crippen LogP contribution in [0.4, 0.5) is 0 Å². The summed E-state index contributed by atoms with van der Waals surface area (Å²) in [6.07, 6.45) is 6.88. The first-order valence-corrected chi connectivity index (χ1v) is 8.53. The molecule has 2 aliphatic rings. The van der Waals surface area contributed by atoms with Crippen LogP contribution in [0.1, 0.15) is 35.5 Å². The maximum atomic E-state index is 12.8. The van der Waals surface area contributed by atoms with E-state index in [0.29, 0.717) is 22.8 Å². The third kappa shape index (κ3) is 2.62. The summed E-state index contributed by atoms with van der Waals surface area (Å²) >= 11 is 0. The van der Waals surface area contributed by atoms with E-state index in [1.165, 1.54) is 6.42 Å². The molecule has 0 radical (unpaired) electrons. The third-order valence-electron chi connectivity index (χ3n) is 5.39. The summed E-state index contributed by atoms with van der Waals surface area (Å²) in [5, 5.41) is 7.58. The summed E-state index contributed by atoms with van der Waals surface area (Å²) in [7, 11) is 1.84. The largest absolute Gasteiger partial charge is 0.440 e. The number of hydrogen-bond acceptors (Lipinski definition) is 5. The minimum Gasteiger partial charge on any atom is -0.440 e. The van der Waals surface area contributed by atoms with E-state index in [1.54, 1.807) is 17.8 Å². The number of nitrogens with zero attached hydrogens (tertiary/aromatic N) is 4. The summed E-state index contributed by atoms with van der Waals surface area (Å²) in [5.41, 5.74) is 1.61. The molecule has 1 spiro atoms. The van der Waals surface area contributed by atoms with E-state index in [-0.39, 0.29) is 5.91 Å². The standard InChI is InChI=1S/C17H23N5O2/c1-12-14(20-15(24-12)13-9-19-21(2)10-13)16(23)22-7-4-17(5-8-22)3-6-18-11-17/h9-10,18H,3-8,11H2,1-2H3. The number of likely N-dealkylation sites (tertiary alicyclic amines) is 1. The molecular weight excluding hydrogens is 306 g/mol. The van der Waals surface area contributed by atoms with Gasteiger partial charge in [0.15, 0.2) is 5.69 Å². The van der Waals surface area contributed by atoms with Crippen LogP contribution >= 0.6 is 0 Å². The second-order valence-corrected chi connectivity index (χ2v) is 7.05. The highest BCUT2D eigenvalue weighted by Crippen LogP contribution is 2.37. The van der Waals surface area contributed by atoms with E-state index in [4.69, 9.17) is 4.42 Å². The van der Waals surface area contributed by atoms with Crippen LogP contribution in [0.25, 0.3) is 11.5 Å². The number of hydrogen-bond donors (Lipinski definition) is 1. The number of oxazole rings is 1. The number of carbonyl (C=O) groups is 1. The molecular formula is C17H23N5O2. The Morgan fingerprint density at radius 2 is 2.12 bits per heavy atom. The summed E-state index contributed by atoms with van der Waals surface area (Å²) in [4.78, 5) is 19.2. The first kappa shape index (κ1) is 15.4. The zero-order valence-electron chi connectivity index (χ0n) is 14.2. The van der Waals surface area contributed by atoms with Gasteiger partial charge in [-0.2, -0.15) is 5.10 Å². The van der Waals surface area contributed by atoms with Gasteiger partial charge in [-0.05, 0) is 38.1 Å². The van der Waals surface area contributed by atoms with E-state index in [9.17, 15) is 4.79 Å². The second kappa shape index (κ2) is 5.73. The first-order valence-electron chi connectivity index (χ1n) is 8.53. The highest BCUT2D eigenvalue weighted by molar-refractivity contribution is 5.93. The number of aryl methyl sites for hydroxylation is 2. The van der Waals surface area contributed by atoms with E-state index >= 15 is 0 Å². The summed E-state index contributed by atoms with van der Waals surface area (Å²) in [6.45, 7) is 5.59. The van der Waals surface area contributed by atoms with Crippen molar-refractivity contribution in [2.45, 2.75) is 26.2 Å². The van der Waals surface area contributed by atoms with Gasteiger partial charge in [0.25, 0.3) is 5.91 Å². The lowest BCUT2D eigenvalue weighted by atomic mass is 9.78. The fourth-order valence-corrected chi connectivity index (χ4v) is 3.81. The topological polar surface area (TPSA) is 76.2 Å². The van der Waals surface area contributed by atoms with Crippen molar-refractivity contribution < 1.29 is 9.21 Å². The Kier molecular flexibility index (Phi) is 3.68. The maximum Gasteiger partial charge on any atom is 0.276 e. The molecule has 1 amide bonds. The van der Waals surface area contributed by atoms with E-state index in [2.05, 4.69) is 15.4 Å². The number of piperidine rings is 1. The lowest BCUT2D eigenvalue weighted by molar-refractivity contribution is 0.0601.